The first-order valence-corrected chi connectivity index (χ1v) is 7.32. The number of nitrogens with two attached hydrogens (primary N) is 1. The fraction of sp³-hybridized carbons (Fsp3) is 0.133. The smallest absolute Gasteiger partial charge is 0.265 e. The Balaban J connectivity index is 2.04. The van der Waals surface area contributed by atoms with Gasteiger partial charge in [-0.1, -0.05) is 12.1 Å². The molecule has 2 aromatic rings. The van der Waals surface area contributed by atoms with Crippen LogP contribution in [0.25, 0.3) is 0 Å². The summed E-state index contributed by atoms with van der Waals surface area (Å²) in [6.07, 6.45) is -0.703. The van der Waals surface area contributed by atoms with E-state index in [-0.39, 0.29) is 11.6 Å². The van der Waals surface area contributed by atoms with Crippen LogP contribution in [0, 0.1) is 9.39 Å². The van der Waals surface area contributed by atoms with Gasteiger partial charge < -0.3 is 15.8 Å². The highest BCUT2D eigenvalue weighted by atomic mass is 127. The molecular formula is C15H14FIN2O2. The summed E-state index contributed by atoms with van der Waals surface area (Å²) in [5, 5.41) is 2.62. The van der Waals surface area contributed by atoms with Crippen molar-refractivity contribution in [1.29, 1.82) is 0 Å². The second kappa shape index (κ2) is 6.75. The minimum atomic E-state index is -0.703. The summed E-state index contributed by atoms with van der Waals surface area (Å²) in [7, 11) is 0. The van der Waals surface area contributed by atoms with Gasteiger partial charge in [-0.2, -0.15) is 0 Å². The van der Waals surface area contributed by atoms with E-state index in [1.165, 1.54) is 12.1 Å². The van der Waals surface area contributed by atoms with Crippen molar-refractivity contribution in [3.05, 3.63) is 51.9 Å². The predicted octanol–water partition coefficient (Wildman–Crippen LogP) is 3.42. The SMILES string of the molecule is CC(Oc1ccccc1I)C(=O)Nc1ccc(F)cc1N. The summed E-state index contributed by atoms with van der Waals surface area (Å²) in [5.74, 6) is -0.172. The standard InChI is InChI=1S/C15H14FIN2O2/c1-9(21-14-5-3-2-4-11(14)17)15(20)19-13-7-6-10(16)8-12(13)18/h2-9H,18H2,1H3,(H,19,20). The molecule has 2 aromatic carbocycles. The molecule has 0 saturated carbocycles. The monoisotopic (exact) mass is 400 g/mol. The van der Waals surface area contributed by atoms with Crippen LogP contribution in [-0.4, -0.2) is 12.0 Å². The van der Waals surface area contributed by atoms with E-state index >= 15 is 0 Å². The highest BCUT2D eigenvalue weighted by Crippen LogP contribution is 2.22. The molecule has 21 heavy (non-hydrogen) atoms. The summed E-state index contributed by atoms with van der Waals surface area (Å²) >= 11 is 2.13. The van der Waals surface area contributed by atoms with E-state index in [2.05, 4.69) is 27.9 Å². The van der Waals surface area contributed by atoms with Gasteiger partial charge in [0, 0.05) is 0 Å². The number of rotatable bonds is 4. The number of amides is 1. The lowest BCUT2D eigenvalue weighted by Gasteiger charge is -2.16. The second-order valence-electron chi connectivity index (χ2n) is 4.41. The van der Waals surface area contributed by atoms with Crippen LogP contribution in [0.3, 0.4) is 0 Å². The van der Waals surface area contributed by atoms with Gasteiger partial charge in [-0.05, 0) is 59.8 Å². The van der Waals surface area contributed by atoms with Crippen molar-refractivity contribution < 1.29 is 13.9 Å². The van der Waals surface area contributed by atoms with E-state index in [4.69, 9.17) is 10.5 Å². The average Bonchev–Trinajstić information content (AvgIpc) is 2.44. The van der Waals surface area contributed by atoms with Crippen molar-refractivity contribution in [1.82, 2.24) is 0 Å². The van der Waals surface area contributed by atoms with Crippen molar-refractivity contribution in [2.45, 2.75) is 13.0 Å². The summed E-state index contributed by atoms with van der Waals surface area (Å²) in [6, 6.07) is 11.2. The minimum absolute atomic E-state index is 0.171. The number of ether oxygens (including phenoxy) is 1. The number of carbonyl (C=O) groups excluding carboxylic acids is 1. The zero-order valence-electron chi connectivity index (χ0n) is 11.3. The molecule has 0 aliphatic heterocycles. The summed E-state index contributed by atoms with van der Waals surface area (Å²) in [4.78, 5) is 12.1. The molecule has 110 valence electrons. The Morgan fingerprint density at radius 1 is 1.33 bits per heavy atom. The van der Waals surface area contributed by atoms with Crippen molar-refractivity contribution in [3.8, 4) is 5.75 Å². The van der Waals surface area contributed by atoms with E-state index in [0.29, 0.717) is 11.4 Å². The Labute approximate surface area is 135 Å². The first-order chi connectivity index (χ1) is 9.97. The van der Waals surface area contributed by atoms with Gasteiger partial charge in [-0.3, -0.25) is 4.79 Å². The zero-order chi connectivity index (χ0) is 15.4. The zero-order valence-corrected chi connectivity index (χ0v) is 13.4. The molecule has 0 bridgehead atoms. The molecule has 0 aliphatic carbocycles. The molecule has 0 aromatic heterocycles. The molecular weight excluding hydrogens is 386 g/mol. The van der Waals surface area contributed by atoms with Gasteiger partial charge in [0.25, 0.3) is 5.91 Å². The lowest BCUT2D eigenvalue weighted by atomic mass is 10.2. The van der Waals surface area contributed by atoms with Crippen LogP contribution < -0.4 is 15.8 Å². The van der Waals surface area contributed by atoms with Gasteiger partial charge in [0.05, 0.1) is 14.9 Å². The van der Waals surface area contributed by atoms with Crippen LogP contribution in [0.1, 0.15) is 6.92 Å². The number of benzene rings is 2. The van der Waals surface area contributed by atoms with E-state index in [1.807, 2.05) is 18.2 Å². The molecule has 6 heteroatoms. The fourth-order valence-corrected chi connectivity index (χ4v) is 2.18. The molecule has 4 nitrogen and oxygen atoms in total. The topological polar surface area (TPSA) is 64.3 Å². The van der Waals surface area contributed by atoms with Crippen molar-refractivity contribution in [3.63, 3.8) is 0 Å². The Kier molecular flexibility index (Phi) is 5.00. The van der Waals surface area contributed by atoms with Crippen molar-refractivity contribution in [2.24, 2.45) is 0 Å². The largest absolute Gasteiger partial charge is 0.480 e. The van der Waals surface area contributed by atoms with Crippen LogP contribution in [0.4, 0.5) is 15.8 Å². The van der Waals surface area contributed by atoms with Crippen LogP contribution in [0.5, 0.6) is 5.75 Å². The third-order valence-electron chi connectivity index (χ3n) is 2.78. The van der Waals surface area contributed by atoms with E-state index in [1.54, 1.807) is 13.0 Å². The van der Waals surface area contributed by atoms with Gasteiger partial charge in [0.15, 0.2) is 6.10 Å². The molecule has 0 fully saturated rings. The lowest BCUT2D eigenvalue weighted by molar-refractivity contribution is -0.122. The fourth-order valence-electron chi connectivity index (χ4n) is 1.67. The normalized spacial score (nSPS) is 11.8. The second-order valence-corrected chi connectivity index (χ2v) is 5.57. The van der Waals surface area contributed by atoms with Gasteiger partial charge >= 0.3 is 0 Å². The van der Waals surface area contributed by atoms with Gasteiger partial charge in [0.2, 0.25) is 0 Å². The molecule has 0 radical (unpaired) electrons. The lowest BCUT2D eigenvalue weighted by Crippen LogP contribution is -2.30. The number of hydrogen-bond acceptors (Lipinski definition) is 3. The molecule has 0 saturated heterocycles. The number of carbonyl (C=O) groups is 1. The Hall–Kier alpha value is -1.83. The quantitative estimate of drug-likeness (QED) is 0.611. The Morgan fingerprint density at radius 2 is 2.05 bits per heavy atom. The minimum Gasteiger partial charge on any atom is -0.480 e. The number of halogens is 2. The summed E-state index contributed by atoms with van der Waals surface area (Å²) in [6.45, 7) is 1.64. The summed E-state index contributed by atoms with van der Waals surface area (Å²) in [5.41, 5.74) is 6.18. The first kappa shape index (κ1) is 15.6. The van der Waals surface area contributed by atoms with E-state index in [0.717, 1.165) is 9.64 Å². The maximum Gasteiger partial charge on any atom is 0.265 e. The molecule has 0 spiro atoms. The number of nitrogens with one attached hydrogen (secondary N) is 1. The molecule has 3 N–H and O–H groups in total. The maximum absolute atomic E-state index is 13.0. The number of hydrogen-bond donors (Lipinski definition) is 2. The first-order valence-electron chi connectivity index (χ1n) is 6.24. The molecule has 1 atom stereocenters. The van der Waals surface area contributed by atoms with Crippen LogP contribution in [0.15, 0.2) is 42.5 Å². The molecule has 0 aliphatic rings. The molecule has 1 amide bonds. The third-order valence-corrected chi connectivity index (χ3v) is 3.67. The number of anilines is 2. The Morgan fingerprint density at radius 3 is 2.71 bits per heavy atom. The third kappa shape index (κ3) is 4.07. The molecule has 0 heterocycles. The van der Waals surface area contributed by atoms with Gasteiger partial charge in [-0.15, -0.1) is 0 Å². The molecule has 1 unspecified atom stereocenters. The van der Waals surface area contributed by atoms with Crippen LogP contribution in [-0.2, 0) is 4.79 Å². The Bertz CT molecular complexity index is 664. The summed E-state index contributed by atoms with van der Waals surface area (Å²) < 4.78 is 19.5. The highest BCUT2D eigenvalue weighted by Gasteiger charge is 2.17. The van der Waals surface area contributed by atoms with E-state index in [9.17, 15) is 9.18 Å². The van der Waals surface area contributed by atoms with Crippen molar-refractivity contribution in [2.75, 3.05) is 11.1 Å². The van der Waals surface area contributed by atoms with Gasteiger partial charge in [0.1, 0.15) is 11.6 Å². The van der Waals surface area contributed by atoms with E-state index < -0.39 is 11.9 Å². The molecule has 2 rings (SSSR count). The maximum atomic E-state index is 13.0. The van der Waals surface area contributed by atoms with Gasteiger partial charge in [-0.25, -0.2) is 4.39 Å². The van der Waals surface area contributed by atoms with Crippen molar-refractivity contribution >= 4 is 39.9 Å². The number of para-hydroxylation sites is 1. The van der Waals surface area contributed by atoms with Crippen LogP contribution >= 0.6 is 22.6 Å². The number of nitrogen functional groups attached to an aromatic ring is 1. The highest BCUT2D eigenvalue weighted by molar-refractivity contribution is 14.1. The average molecular weight is 400 g/mol. The van der Waals surface area contributed by atoms with Crippen LogP contribution in [0.2, 0.25) is 0 Å². The predicted molar refractivity (Wildman–Crippen MR) is 88.7 cm³/mol.